The number of hydrogen-bond acceptors (Lipinski definition) is 6. The normalized spacial score (nSPS) is 10.8. The lowest BCUT2D eigenvalue weighted by Crippen LogP contribution is -2.12. The second-order valence-corrected chi connectivity index (χ2v) is 7.24. The second kappa shape index (κ2) is 6.76. The third-order valence-electron chi connectivity index (χ3n) is 3.21. The number of anilines is 1. The zero-order valence-electron chi connectivity index (χ0n) is 12.3. The molecule has 1 amide bonds. The van der Waals surface area contributed by atoms with Gasteiger partial charge in [0.2, 0.25) is 0 Å². The van der Waals surface area contributed by atoms with Gasteiger partial charge in [-0.2, -0.15) is 0 Å². The van der Waals surface area contributed by atoms with Crippen LogP contribution in [0, 0.1) is 10.1 Å². The van der Waals surface area contributed by atoms with E-state index in [4.69, 9.17) is 11.6 Å². The number of thioether (sulfide) groups is 1. The Hall–Kier alpha value is -2.16. The van der Waals surface area contributed by atoms with Crippen LogP contribution in [0.4, 0.5) is 11.4 Å². The maximum absolute atomic E-state index is 12.3. The topological polar surface area (TPSA) is 85.1 Å². The van der Waals surface area contributed by atoms with E-state index in [2.05, 4.69) is 10.3 Å². The number of hydrogen-bond donors (Lipinski definition) is 1. The van der Waals surface area contributed by atoms with Gasteiger partial charge in [0, 0.05) is 17.3 Å². The van der Waals surface area contributed by atoms with Crippen LogP contribution in [0.5, 0.6) is 0 Å². The molecular formula is C15H10ClN3O3S2. The molecule has 0 aliphatic rings. The van der Waals surface area contributed by atoms with Crippen LogP contribution in [0.25, 0.3) is 10.2 Å². The van der Waals surface area contributed by atoms with E-state index in [0.29, 0.717) is 5.69 Å². The third kappa shape index (κ3) is 3.35. The Morgan fingerprint density at radius 1 is 1.33 bits per heavy atom. The molecule has 1 N–H and O–H groups in total. The summed E-state index contributed by atoms with van der Waals surface area (Å²) in [6, 6.07) is 9.34. The molecule has 1 aromatic heterocycles. The van der Waals surface area contributed by atoms with Gasteiger partial charge in [-0.3, -0.25) is 14.9 Å². The van der Waals surface area contributed by atoms with Gasteiger partial charge in [-0.05, 0) is 36.6 Å². The molecule has 0 bridgehead atoms. The molecule has 0 fully saturated rings. The maximum atomic E-state index is 12.3. The van der Waals surface area contributed by atoms with E-state index < -0.39 is 10.8 Å². The summed E-state index contributed by atoms with van der Waals surface area (Å²) in [6.45, 7) is 0. The summed E-state index contributed by atoms with van der Waals surface area (Å²) in [6.07, 6.45) is 1.95. The highest BCUT2D eigenvalue weighted by Crippen LogP contribution is 2.30. The molecule has 0 aliphatic carbocycles. The SMILES string of the molecule is CSc1nc2ccc(NC(=O)c3ccc(Cl)c([N+](=O)[O-])c3)cc2s1. The minimum absolute atomic E-state index is 0.00720. The largest absolute Gasteiger partial charge is 0.322 e. The summed E-state index contributed by atoms with van der Waals surface area (Å²) in [4.78, 5) is 27.0. The number of amides is 1. The van der Waals surface area contributed by atoms with Gasteiger partial charge in [-0.1, -0.05) is 23.4 Å². The molecule has 0 unspecified atom stereocenters. The fraction of sp³-hybridized carbons (Fsp3) is 0.0667. The van der Waals surface area contributed by atoms with Crippen molar-refractivity contribution in [3.05, 3.63) is 57.1 Å². The number of carbonyl (C=O) groups is 1. The minimum Gasteiger partial charge on any atom is -0.322 e. The standard InChI is InChI=1S/C15H10ClN3O3S2/c1-23-15-18-11-5-3-9(7-13(11)24-15)17-14(20)8-2-4-10(16)12(6-8)19(21)22/h2-7H,1H3,(H,17,20). The molecule has 6 nitrogen and oxygen atoms in total. The summed E-state index contributed by atoms with van der Waals surface area (Å²) in [5, 5.41) is 13.6. The van der Waals surface area contributed by atoms with Gasteiger partial charge >= 0.3 is 0 Å². The van der Waals surface area contributed by atoms with Crippen molar-refractivity contribution >= 4 is 62.2 Å². The molecule has 0 atom stereocenters. The molecule has 2 aromatic carbocycles. The number of carbonyl (C=O) groups excluding carboxylic acids is 1. The Kier molecular flexibility index (Phi) is 4.70. The lowest BCUT2D eigenvalue weighted by atomic mass is 10.2. The Bertz CT molecular complexity index is 958. The fourth-order valence-corrected chi connectivity index (χ4v) is 3.78. The van der Waals surface area contributed by atoms with Gasteiger partial charge in [-0.15, -0.1) is 11.3 Å². The number of fused-ring (bicyclic) bond motifs is 1. The molecule has 9 heteroatoms. The summed E-state index contributed by atoms with van der Waals surface area (Å²) >= 11 is 8.85. The van der Waals surface area contributed by atoms with Crippen LogP contribution in [0.2, 0.25) is 5.02 Å². The van der Waals surface area contributed by atoms with Crippen LogP contribution in [0.15, 0.2) is 40.7 Å². The zero-order chi connectivity index (χ0) is 17.3. The number of nitrogens with zero attached hydrogens (tertiary/aromatic N) is 2. The number of thiazole rings is 1. The van der Waals surface area contributed by atoms with Gasteiger partial charge in [0.25, 0.3) is 11.6 Å². The van der Waals surface area contributed by atoms with E-state index in [1.807, 2.05) is 18.4 Å². The molecular weight excluding hydrogens is 370 g/mol. The highest BCUT2D eigenvalue weighted by Gasteiger charge is 2.16. The van der Waals surface area contributed by atoms with Gasteiger partial charge in [0.05, 0.1) is 15.1 Å². The zero-order valence-corrected chi connectivity index (χ0v) is 14.7. The van der Waals surface area contributed by atoms with E-state index in [-0.39, 0.29) is 16.3 Å². The number of nitro groups is 1. The number of rotatable bonds is 4. The lowest BCUT2D eigenvalue weighted by molar-refractivity contribution is -0.384. The first-order valence-electron chi connectivity index (χ1n) is 6.68. The Morgan fingerprint density at radius 3 is 2.83 bits per heavy atom. The lowest BCUT2D eigenvalue weighted by Gasteiger charge is -2.05. The first-order valence-corrected chi connectivity index (χ1v) is 9.09. The van der Waals surface area contributed by atoms with Gasteiger partial charge in [0.15, 0.2) is 4.34 Å². The third-order valence-corrected chi connectivity index (χ3v) is 5.53. The van der Waals surface area contributed by atoms with Gasteiger partial charge < -0.3 is 5.32 Å². The molecule has 1 heterocycles. The summed E-state index contributed by atoms with van der Waals surface area (Å²) in [5.41, 5.74) is 1.33. The van der Waals surface area contributed by atoms with Crippen LogP contribution < -0.4 is 5.32 Å². The Balaban J connectivity index is 1.86. The Morgan fingerprint density at radius 2 is 2.12 bits per heavy atom. The van der Waals surface area contributed by atoms with E-state index >= 15 is 0 Å². The second-order valence-electron chi connectivity index (χ2n) is 4.74. The molecule has 3 aromatic rings. The maximum Gasteiger partial charge on any atom is 0.288 e. The molecule has 0 spiro atoms. The molecule has 0 radical (unpaired) electrons. The molecule has 0 saturated carbocycles. The van der Waals surface area contributed by atoms with E-state index in [1.165, 1.54) is 23.5 Å². The predicted molar refractivity (Wildman–Crippen MR) is 97.5 cm³/mol. The number of nitro benzene ring substituents is 1. The van der Waals surface area contributed by atoms with E-state index in [9.17, 15) is 14.9 Å². The number of nitrogens with one attached hydrogen (secondary N) is 1. The average molecular weight is 380 g/mol. The first kappa shape index (κ1) is 16.7. The van der Waals surface area contributed by atoms with E-state index in [0.717, 1.165) is 20.6 Å². The first-order chi connectivity index (χ1) is 11.5. The molecule has 24 heavy (non-hydrogen) atoms. The molecule has 3 rings (SSSR count). The van der Waals surface area contributed by atoms with Crippen LogP contribution in [-0.2, 0) is 0 Å². The quantitative estimate of drug-likeness (QED) is 0.398. The predicted octanol–water partition coefficient (Wildman–Crippen LogP) is 4.83. The number of aromatic nitrogens is 1. The van der Waals surface area contributed by atoms with Crippen molar-refractivity contribution in [3.63, 3.8) is 0 Å². The van der Waals surface area contributed by atoms with Gasteiger partial charge in [0.1, 0.15) is 5.02 Å². The van der Waals surface area contributed by atoms with Crippen LogP contribution in [-0.4, -0.2) is 22.1 Å². The van der Waals surface area contributed by atoms with Gasteiger partial charge in [-0.25, -0.2) is 4.98 Å². The fourth-order valence-electron chi connectivity index (χ4n) is 2.07. The Labute approximate surface area is 150 Å². The molecule has 0 aliphatic heterocycles. The van der Waals surface area contributed by atoms with Crippen LogP contribution in [0.1, 0.15) is 10.4 Å². The summed E-state index contributed by atoms with van der Waals surface area (Å²) in [7, 11) is 0. The minimum atomic E-state index is -0.619. The van der Waals surface area contributed by atoms with Crippen LogP contribution >= 0.6 is 34.7 Å². The van der Waals surface area contributed by atoms with E-state index in [1.54, 1.807) is 17.8 Å². The van der Waals surface area contributed by atoms with Crippen molar-refractivity contribution in [2.24, 2.45) is 0 Å². The summed E-state index contributed by atoms with van der Waals surface area (Å²) < 4.78 is 1.90. The smallest absolute Gasteiger partial charge is 0.288 e. The van der Waals surface area contributed by atoms with Crippen molar-refractivity contribution in [3.8, 4) is 0 Å². The van der Waals surface area contributed by atoms with Crippen molar-refractivity contribution in [1.82, 2.24) is 4.98 Å². The highest BCUT2D eigenvalue weighted by molar-refractivity contribution is 8.00. The molecule has 0 saturated heterocycles. The van der Waals surface area contributed by atoms with Crippen molar-refractivity contribution in [2.75, 3.05) is 11.6 Å². The highest BCUT2D eigenvalue weighted by atomic mass is 35.5. The summed E-state index contributed by atoms with van der Waals surface area (Å²) in [5.74, 6) is -0.441. The number of halogens is 1. The van der Waals surface area contributed by atoms with Crippen molar-refractivity contribution in [1.29, 1.82) is 0 Å². The van der Waals surface area contributed by atoms with Crippen molar-refractivity contribution in [2.45, 2.75) is 4.34 Å². The molecule has 122 valence electrons. The van der Waals surface area contributed by atoms with Crippen LogP contribution in [0.3, 0.4) is 0 Å². The monoisotopic (exact) mass is 379 g/mol. The number of benzene rings is 2. The van der Waals surface area contributed by atoms with Crippen molar-refractivity contribution < 1.29 is 9.72 Å². The average Bonchev–Trinajstić information content (AvgIpc) is 2.97.